The van der Waals surface area contributed by atoms with E-state index in [-0.39, 0.29) is 23.7 Å². The number of anilines is 1. The summed E-state index contributed by atoms with van der Waals surface area (Å²) in [5, 5.41) is 30.0. The molecule has 0 bridgehead atoms. The van der Waals surface area contributed by atoms with Crippen molar-refractivity contribution >= 4 is 23.3 Å². The number of carboxylic acids is 1. The molecule has 88 valence electrons. The van der Waals surface area contributed by atoms with Gasteiger partial charge in [0.05, 0.1) is 12.0 Å². The van der Waals surface area contributed by atoms with Gasteiger partial charge in [-0.05, 0) is 12.1 Å². The van der Waals surface area contributed by atoms with Crippen molar-refractivity contribution in [2.24, 2.45) is 0 Å². The van der Waals surface area contributed by atoms with E-state index in [0.717, 1.165) is 0 Å². The molecule has 5 nitrogen and oxygen atoms in total. The molecular formula is C10H12ClNO4. The van der Waals surface area contributed by atoms with Crippen LogP contribution in [0.25, 0.3) is 0 Å². The van der Waals surface area contributed by atoms with E-state index in [1.54, 1.807) is 0 Å². The summed E-state index contributed by atoms with van der Waals surface area (Å²) in [6.07, 6.45) is -0.692. The second-order valence-electron chi connectivity index (χ2n) is 3.23. The number of aliphatic hydroxyl groups is 1. The molecule has 0 amide bonds. The van der Waals surface area contributed by atoms with Crippen LogP contribution in [0.5, 0.6) is 5.75 Å². The molecule has 0 aliphatic heterocycles. The molecule has 1 aromatic carbocycles. The third kappa shape index (κ3) is 3.29. The van der Waals surface area contributed by atoms with Crippen molar-refractivity contribution in [3.8, 4) is 5.75 Å². The number of aromatic carboxylic acids is 1. The van der Waals surface area contributed by atoms with Gasteiger partial charge in [-0.3, -0.25) is 0 Å². The maximum Gasteiger partial charge on any atom is 0.339 e. The summed E-state index contributed by atoms with van der Waals surface area (Å²) in [4.78, 5) is 10.6. The minimum atomic E-state index is -1.19. The predicted octanol–water partition coefficient (Wildman–Crippen LogP) is 1.10. The van der Waals surface area contributed by atoms with E-state index in [9.17, 15) is 15.0 Å². The van der Waals surface area contributed by atoms with Crippen molar-refractivity contribution in [2.75, 3.05) is 17.7 Å². The number of hydrogen-bond acceptors (Lipinski definition) is 4. The van der Waals surface area contributed by atoms with Gasteiger partial charge >= 0.3 is 5.97 Å². The number of aromatic hydroxyl groups is 1. The smallest absolute Gasteiger partial charge is 0.339 e. The van der Waals surface area contributed by atoms with Gasteiger partial charge in [0.1, 0.15) is 11.3 Å². The highest BCUT2D eigenvalue weighted by Gasteiger charge is 2.09. The molecule has 0 saturated heterocycles. The summed E-state index contributed by atoms with van der Waals surface area (Å²) in [6, 6.07) is 4.07. The van der Waals surface area contributed by atoms with Crippen LogP contribution in [0.4, 0.5) is 5.69 Å². The maximum absolute atomic E-state index is 10.6. The molecule has 1 unspecified atom stereocenters. The summed E-state index contributed by atoms with van der Waals surface area (Å²) in [5.74, 6) is -1.41. The van der Waals surface area contributed by atoms with E-state index < -0.39 is 12.1 Å². The molecule has 0 radical (unpaired) electrons. The first kappa shape index (κ1) is 12.6. The maximum atomic E-state index is 10.6. The van der Waals surface area contributed by atoms with Gasteiger partial charge in [-0.1, -0.05) is 0 Å². The highest BCUT2D eigenvalue weighted by atomic mass is 35.5. The van der Waals surface area contributed by atoms with Crippen molar-refractivity contribution in [1.29, 1.82) is 0 Å². The van der Waals surface area contributed by atoms with Crippen LogP contribution in [0.3, 0.4) is 0 Å². The van der Waals surface area contributed by atoms with E-state index in [4.69, 9.17) is 16.7 Å². The summed E-state index contributed by atoms with van der Waals surface area (Å²) in [5.41, 5.74) is 0.357. The molecule has 0 fully saturated rings. The Kier molecular flexibility index (Phi) is 4.39. The molecule has 1 atom stereocenters. The molecule has 0 aliphatic rings. The van der Waals surface area contributed by atoms with Gasteiger partial charge in [0.2, 0.25) is 0 Å². The monoisotopic (exact) mass is 245 g/mol. The van der Waals surface area contributed by atoms with Crippen LogP contribution in [-0.4, -0.2) is 39.8 Å². The Morgan fingerprint density at radius 2 is 2.19 bits per heavy atom. The number of aliphatic hydroxyl groups excluding tert-OH is 1. The van der Waals surface area contributed by atoms with E-state index in [0.29, 0.717) is 5.69 Å². The number of alkyl halides is 1. The average molecular weight is 246 g/mol. The number of halogens is 1. The van der Waals surface area contributed by atoms with Gasteiger partial charge in [0, 0.05) is 18.3 Å². The second kappa shape index (κ2) is 5.58. The van der Waals surface area contributed by atoms with Crippen molar-refractivity contribution in [1.82, 2.24) is 0 Å². The lowest BCUT2D eigenvalue weighted by atomic mass is 10.2. The fourth-order valence-electron chi connectivity index (χ4n) is 1.11. The zero-order valence-electron chi connectivity index (χ0n) is 8.35. The molecule has 0 saturated carbocycles. The van der Waals surface area contributed by atoms with Crippen molar-refractivity contribution < 1.29 is 20.1 Å². The molecule has 4 N–H and O–H groups in total. The lowest BCUT2D eigenvalue weighted by Gasteiger charge is -2.10. The van der Waals surface area contributed by atoms with Gasteiger partial charge in [-0.15, -0.1) is 11.6 Å². The number of hydrogen-bond donors (Lipinski definition) is 4. The summed E-state index contributed by atoms with van der Waals surface area (Å²) < 4.78 is 0. The molecular weight excluding hydrogens is 234 g/mol. The number of carbonyl (C=O) groups is 1. The Morgan fingerprint density at radius 3 is 2.69 bits per heavy atom. The molecule has 16 heavy (non-hydrogen) atoms. The average Bonchev–Trinajstić information content (AvgIpc) is 2.25. The van der Waals surface area contributed by atoms with Crippen LogP contribution in [0, 0.1) is 0 Å². The Morgan fingerprint density at radius 1 is 1.50 bits per heavy atom. The van der Waals surface area contributed by atoms with E-state index in [1.807, 2.05) is 0 Å². The highest BCUT2D eigenvalue weighted by molar-refractivity contribution is 6.18. The quantitative estimate of drug-likeness (QED) is 0.584. The first-order valence-electron chi connectivity index (χ1n) is 4.58. The summed E-state index contributed by atoms with van der Waals surface area (Å²) in [6.45, 7) is 0.232. The molecule has 0 spiro atoms. The van der Waals surface area contributed by atoms with Gasteiger partial charge in [0.25, 0.3) is 0 Å². The molecule has 0 aromatic heterocycles. The summed E-state index contributed by atoms with van der Waals surface area (Å²) in [7, 11) is 0. The summed E-state index contributed by atoms with van der Waals surface area (Å²) >= 11 is 5.40. The Bertz CT molecular complexity index is 383. The van der Waals surface area contributed by atoms with Crippen LogP contribution < -0.4 is 5.32 Å². The van der Waals surface area contributed by atoms with Gasteiger partial charge < -0.3 is 20.6 Å². The van der Waals surface area contributed by atoms with E-state index in [2.05, 4.69) is 5.32 Å². The van der Waals surface area contributed by atoms with Crippen LogP contribution in [0.2, 0.25) is 0 Å². The molecule has 1 rings (SSSR count). The number of benzene rings is 1. The topological polar surface area (TPSA) is 89.8 Å². The van der Waals surface area contributed by atoms with Crippen molar-refractivity contribution in [3.63, 3.8) is 0 Å². The Balaban J connectivity index is 2.70. The standard InChI is InChI=1S/C10H12ClNO4/c11-4-7(13)5-12-6-1-2-8(10(15)16)9(14)3-6/h1-3,7,12-14H,4-5H2,(H,15,16). The van der Waals surface area contributed by atoms with Crippen LogP contribution >= 0.6 is 11.6 Å². The lowest BCUT2D eigenvalue weighted by Crippen LogP contribution is -2.20. The molecule has 1 aromatic rings. The SMILES string of the molecule is O=C(O)c1ccc(NCC(O)CCl)cc1O. The highest BCUT2D eigenvalue weighted by Crippen LogP contribution is 2.21. The zero-order valence-corrected chi connectivity index (χ0v) is 9.11. The fraction of sp³-hybridized carbons (Fsp3) is 0.300. The van der Waals surface area contributed by atoms with Crippen LogP contribution in [-0.2, 0) is 0 Å². The number of carboxylic acid groups (broad SMARTS) is 1. The third-order valence-corrected chi connectivity index (χ3v) is 2.30. The first-order valence-corrected chi connectivity index (χ1v) is 5.12. The van der Waals surface area contributed by atoms with Gasteiger partial charge in [-0.25, -0.2) is 4.79 Å². The van der Waals surface area contributed by atoms with Gasteiger partial charge in [0.15, 0.2) is 0 Å². The number of phenols is 1. The normalized spacial score (nSPS) is 12.1. The zero-order chi connectivity index (χ0) is 12.1. The van der Waals surface area contributed by atoms with E-state index >= 15 is 0 Å². The van der Waals surface area contributed by atoms with Crippen LogP contribution in [0.15, 0.2) is 18.2 Å². The number of nitrogens with one attached hydrogen (secondary N) is 1. The molecule has 6 heteroatoms. The largest absolute Gasteiger partial charge is 0.507 e. The third-order valence-electron chi connectivity index (χ3n) is 1.95. The Labute approximate surface area is 97.3 Å². The van der Waals surface area contributed by atoms with Crippen molar-refractivity contribution in [3.05, 3.63) is 23.8 Å². The minimum Gasteiger partial charge on any atom is -0.507 e. The first-order chi connectivity index (χ1) is 7.54. The van der Waals surface area contributed by atoms with Crippen LogP contribution in [0.1, 0.15) is 10.4 Å². The number of rotatable bonds is 5. The fourth-order valence-corrected chi connectivity index (χ4v) is 1.22. The molecule has 0 aliphatic carbocycles. The minimum absolute atomic E-state index is 0.103. The second-order valence-corrected chi connectivity index (χ2v) is 3.53. The molecule has 0 heterocycles. The Hall–Kier alpha value is -1.46. The van der Waals surface area contributed by atoms with E-state index in [1.165, 1.54) is 18.2 Å². The van der Waals surface area contributed by atoms with Gasteiger partial charge in [-0.2, -0.15) is 0 Å². The lowest BCUT2D eigenvalue weighted by molar-refractivity contribution is 0.0694. The predicted molar refractivity (Wildman–Crippen MR) is 60.3 cm³/mol. The van der Waals surface area contributed by atoms with Crippen molar-refractivity contribution in [2.45, 2.75) is 6.10 Å².